The molecule has 5 rings (SSSR count). The third-order valence-electron chi connectivity index (χ3n) is 8.54. The summed E-state index contributed by atoms with van der Waals surface area (Å²) in [5, 5.41) is 43.3. The second-order valence-electron chi connectivity index (χ2n) is 18.3. The largest absolute Gasteiger partial charge is 0.504 e. The van der Waals surface area contributed by atoms with Crippen molar-refractivity contribution in [2.75, 3.05) is 0 Å². The average molecular weight is 763 g/mol. The molecular weight excluding hydrogens is 705 g/mol. The lowest BCUT2D eigenvalue weighted by atomic mass is 9.81. The third kappa shape index (κ3) is 10.8. The van der Waals surface area contributed by atoms with Gasteiger partial charge in [0.1, 0.15) is 22.4 Å². The van der Waals surface area contributed by atoms with Crippen molar-refractivity contribution < 1.29 is 39.4 Å². The zero-order valence-electron chi connectivity index (χ0n) is 34.8. The lowest BCUT2D eigenvalue weighted by molar-refractivity contribution is 0.125. The van der Waals surface area contributed by atoms with Crippen molar-refractivity contribution >= 4 is 0 Å². The highest BCUT2D eigenvalue weighted by atomic mass is 16.5. The van der Waals surface area contributed by atoms with Crippen molar-refractivity contribution in [3.63, 3.8) is 0 Å². The van der Waals surface area contributed by atoms with Gasteiger partial charge in [0.2, 0.25) is 0 Å². The molecule has 0 saturated carbocycles. The van der Waals surface area contributed by atoms with E-state index in [-0.39, 0.29) is 34.8 Å². The summed E-state index contributed by atoms with van der Waals surface area (Å²) in [6, 6.07) is 29.8. The normalized spacial score (nSPS) is 12.5. The van der Waals surface area contributed by atoms with E-state index in [0.29, 0.717) is 23.0 Å². The van der Waals surface area contributed by atoms with Crippen LogP contribution in [0.25, 0.3) is 0 Å². The highest BCUT2D eigenvalue weighted by Crippen LogP contribution is 2.44. The summed E-state index contributed by atoms with van der Waals surface area (Å²) in [5.41, 5.74) is 3.15. The minimum absolute atomic E-state index is 0.0375. The first-order chi connectivity index (χ1) is 25.9. The van der Waals surface area contributed by atoms with Gasteiger partial charge in [0, 0.05) is 11.8 Å². The number of benzene rings is 5. The highest BCUT2D eigenvalue weighted by molar-refractivity contribution is 5.56. The predicted molar refractivity (Wildman–Crippen MR) is 222 cm³/mol. The van der Waals surface area contributed by atoms with Gasteiger partial charge in [-0.05, 0) is 165 Å². The summed E-state index contributed by atoms with van der Waals surface area (Å²) in [7, 11) is 0. The molecule has 8 nitrogen and oxygen atoms in total. The van der Waals surface area contributed by atoms with Gasteiger partial charge in [-0.3, -0.25) is 0 Å². The number of hydrogen-bond acceptors (Lipinski definition) is 8. The summed E-state index contributed by atoms with van der Waals surface area (Å²) in [6.07, 6.45) is 0. The second kappa shape index (κ2) is 15.6. The molecular formula is C48H58O8. The Labute approximate surface area is 332 Å². The molecule has 8 heteroatoms. The Balaban J connectivity index is 1.69. The molecule has 56 heavy (non-hydrogen) atoms. The standard InChI is InChI=1S/C48H58O8/c1-45(2,3)53-39-25-31(17-21-35(39)49)43(32-18-22-36(50)40(26-32)54-46(4,5)6)29-13-15-30(16-14-29)44(33-19-23-37(51)41(27-33)55-47(7,8)9)34-20-24-38(52)42(28-34)56-48(10,11)12/h13-28,43-44,49-52H,1-12H3. The van der Waals surface area contributed by atoms with Crippen LogP contribution in [0.4, 0.5) is 0 Å². The van der Waals surface area contributed by atoms with E-state index >= 15 is 0 Å². The Morgan fingerprint density at radius 2 is 0.482 bits per heavy atom. The Bertz CT molecular complexity index is 1860. The predicted octanol–water partition coefficient (Wildman–Crippen LogP) is 11.6. The van der Waals surface area contributed by atoms with Gasteiger partial charge >= 0.3 is 0 Å². The van der Waals surface area contributed by atoms with Crippen LogP contribution >= 0.6 is 0 Å². The molecule has 4 N–H and O–H groups in total. The maximum atomic E-state index is 10.8. The number of phenolic OH excluding ortho intramolecular Hbond substituents is 4. The number of rotatable bonds is 10. The van der Waals surface area contributed by atoms with E-state index < -0.39 is 22.4 Å². The molecule has 5 aromatic rings. The minimum Gasteiger partial charge on any atom is -0.504 e. The van der Waals surface area contributed by atoms with E-state index in [9.17, 15) is 20.4 Å². The first-order valence-electron chi connectivity index (χ1n) is 19.0. The molecule has 0 aromatic heterocycles. The fourth-order valence-electron chi connectivity index (χ4n) is 6.52. The summed E-state index contributed by atoms with van der Waals surface area (Å²) in [5.74, 6) is 0.900. The molecule has 0 radical (unpaired) electrons. The third-order valence-corrected chi connectivity index (χ3v) is 8.54. The first-order valence-corrected chi connectivity index (χ1v) is 19.0. The smallest absolute Gasteiger partial charge is 0.162 e. The topological polar surface area (TPSA) is 118 Å². The monoisotopic (exact) mass is 762 g/mol. The number of aromatic hydroxyl groups is 4. The summed E-state index contributed by atoms with van der Waals surface area (Å²) in [6.45, 7) is 23.2. The van der Waals surface area contributed by atoms with Gasteiger partial charge in [-0.1, -0.05) is 48.5 Å². The van der Waals surface area contributed by atoms with Crippen LogP contribution in [0.2, 0.25) is 0 Å². The Morgan fingerprint density at radius 1 is 0.304 bits per heavy atom. The fraction of sp³-hybridized carbons (Fsp3) is 0.375. The zero-order chi connectivity index (χ0) is 41.4. The van der Waals surface area contributed by atoms with E-state index in [2.05, 4.69) is 24.3 Å². The van der Waals surface area contributed by atoms with Crippen LogP contribution < -0.4 is 18.9 Å². The van der Waals surface area contributed by atoms with Gasteiger partial charge in [-0.2, -0.15) is 0 Å². The Morgan fingerprint density at radius 3 is 0.661 bits per heavy atom. The average Bonchev–Trinajstić information content (AvgIpc) is 3.05. The van der Waals surface area contributed by atoms with Crippen molar-refractivity contribution in [3.05, 3.63) is 130 Å². The molecule has 0 bridgehead atoms. The van der Waals surface area contributed by atoms with Gasteiger partial charge in [0.25, 0.3) is 0 Å². The lowest BCUT2D eigenvalue weighted by Crippen LogP contribution is -2.23. The molecule has 0 aliphatic rings. The van der Waals surface area contributed by atoms with Crippen LogP contribution in [-0.4, -0.2) is 42.8 Å². The molecule has 0 aliphatic carbocycles. The SMILES string of the molecule is CC(C)(C)Oc1cc(C(c2ccc(C(c3ccc(O)c(OC(C)(C)C)c3)c3ccc(O)c(OC(C)(C)C)c3)cc2)c2ccc(O)c(OC(C)(C)C)c2)ccc1O. The maximum Gasteiger partial charge on any atom is 0.162 e. The highest BCUT2D eigenvalue weighted by Gasteiger charge is 2.27. The number of ether oxygens (including phenoxy) is 4. The van der Waals surface area contributed by atoms with Gasteiger partial charge in [0.05, 0.1) is 0 Å². The molecule has 298 valence electrons. The first kappa shape index (κ1) is 41.7. The molecule has 0 heterocycles. The van der Waals surface area contributed by atoms with E-state index in [0.717, 1.165) is 33.4 Å². The Hall–Kier alpha value is -5.50. The van der Waals surface area contributed by atoms with Gasteiger partial charge in [0.15, 0.2) is 46.0 Å². The summed E-state index contributed by atoms with van der Waals surface area (Å²) < 4.78 is 24.7. The van der Waals surface area contributed by atoms with Crippen LogP contribution in [0.1, 0.15) is 128 Å². The van der Waals surface area contributed by atoms with Crippen molar-refractivity contribution in [1.29, 1.82) is 0 Å². The molecule has 0 unspecified atom stereocenters. The molecule has 0 spiro atoms. The summed E-state index contributed by atoms with van der Waals surface area (Å²) >= 11 is 0. The maximum absolute atomic E-state index is 10.8. The number of phenols is 4. The van der Waals surface area contributed by atoms with Crippen molar-refractivity contribution in [3.8, 4) is 46.0 Å². The molecule has 0 saturated heterocycles. The van der Waals surface area contributed by atoms with E-state index in [4.69, 9.17) is 18.9 Å². The van der Waals surface area contributed by atoms with E-state index in [1.807, 2.05) is 132 Å². The minimum atomic E-state index is -0.549. The van der Waals surface area contributed by atoms with Gasteiger partial charge in [-0.25, -0.2) is 0 Å². The van der Waals surface area contributed by atoms with Crippen LogP contribution in [0.3, 0.4) is 0 Å². The quantitative estimate of drug-likeness (QED) is 0.104. The van der Waals surface area contributed by atoms with Gasteiger partial charge < -0.3 is 39.4 Å². The fourth-order valence-corrected chi connectivity index (χ4v) is 6.52. The van der Waals surface area contributed by atoms with E-state index in [1.54, 1.807) is 24.3 Å². The lowest BCUT2D eigenvalue weighted by Gasteiger charge is -2.27. The zero-order valence-corrected chi connectivity index (χ0v) is 34.8. The molecule has 0 atom stereocenters. The molecule has 0 amide bonds. The van der Waals surface area contributed by atoms with Crippen molar-refractivity contribution in [2.24, 2.45) is 0 Å². The van der Waals surface area contributed by atoms with Crippen LogP contribution in [0.15, 0.2) is 97.1 Å². The van der Waals surface area contributed by atoms with Crippen LogP contribution in [-0.2, 0) is 0 Å². The van der Waals surface area contributed by atoms with Crippen LogP contribution in [0.5, 0.6) is 46.0 Å². The van der Waals surface area contributed by atoms with Crippen molar-refractivity contribution in [2.45, 2.75) is 117 Å². The molecule has 5 aromatic carbocycles. The Kier molecular flexibility index (Phi) is 11.6. The van der Waals surface area contributed by atoms with Crippen molar-refractivity contribution in [1.82, 2.24) is 0 Å². The van der Waals surface area contributed by atoms with Crippen LogP contribution in [0, 0.1) is 0 Å². The van der Waals surface area contributed by atoms with Gasteiger partial charge in [-0.15, -0.1) is 0 Å². The molecule has 0 fully saturated rings. The van der Waals surface area contributed by atoms with E-state index in [1.165, 1.54) is 0 Å². The second-order valence-corrected chi connectivity index (χ2v) is 18.3. The molecule has 0 aliphatic heterocycles. The number of hydrogen-bond donors (Lipinski definition) is 4. The summed E-state index contributed by atoms with van der Waals surface area (Å²) in [4.78, 5) is 0.